The second kappa shape index (κ2) is 9.77. The van der Waals surface area contributed by atoms with Crippen molar-refractivity contribution in [2.24, 2.45) is 0 Å². The van der Waals surface area contributed by atoms with Crippen molar-refractivity contribution in [1.29, 1.82) is 0 Å². The molecule has 0 radical (unpaired) electrons. The summed E-state index contributed by atoms with van der Waals surface area (Å²) in [6.07, 6.45) is -3.19. The van der Waals surface area contributed by atoms with E-state index in [2.05, 4.69) is 0 Å². The van der Waals surface area contributed by atoms with Gasteiger partial charge in [0.2, 0.25) is 17.9 Å². The maximum Gasteiger partial charge on any atom is 0.348 e. The van der Waals surface area contributed by atoms with Crippen molar-refractivity contribution in [2.45, 2.75) is 25.6 Å². The van der Waals surface area contributed by atoms with Gasteiger partial charge in [-0.3, -0.25) is 19.2 Å². The number of anilines is 1. The second-order valence-corrected chi connectivity index (χ2v) is 7.63. The first kappa shape index (κ1) is 23.2. The Labute approximate surface area is 184 Å². The first-order chi connectivity index (χ1) is 15.2. The molecule has 2 aliphatic rings. The van der Waals surface area contributed by atoms with Crippen LogP contribution in [0.2, 0.25) is 0 Å². The molecule has 0 unspecified atom stereocenters. The molecule has 0 bridgehead atoms. The van der Waals surface area contributed by atoms with E-state index in [0.717, 1.165) is 6.92 Å². The number of carboxylic acids is 1. The fourth-order valence-electron chi connectivity index (χ4n) is 3.59. The van der Waals surface area contributed by atoms with Crippen LogP contribution in [-0.2, 0) is 39.9 Å². The van der Waals surface area contributed by atoms with Crippen molar-refractivity contribution < 1.29 is 38.6 Å². The Morgan fingerprint density at radius 2 is 1.97 bits per heavy atom. The Bertz CT molecular complexity index is 933. The van der Waals surface area contributed by atoms with Gasteiger partial charge in [-0.1, -0.05) is 12.1 Å². The van der Waals surface area contributed by atoms with E-state index in [4.69, 9.17) is 9.47 Å². The van der Waals surface area contributed by atoms with Gasteiger partial charge in [-0.2, -0.15) is 0 Å². The van der Waals surface area contributed by atoms with Gasteiger partial charge in [0, 0.05) is 39.3 Å². The molecule has 11 heteroatoms. The average molecular weight is 447 g/mol. The Morgan fingerprint density at radius 3 is 2.62 bits per heavy atom. The maximum atomic E-state index is 12.9. The predicted octanol–water partition coefficient (Wildman–Crippen LogP) is -0.722. The molecule has 2 aliphatic heterocycles. The van der Waals surface area contributed by atoms with E-state index in [0.29, 0.717) is 24.3 Å². The van der Waals surface area contributed by atoms with Crippen molar-refractivity contribution in [3.63, 3.8) is 0 Å². The van der Waals surface area contributed by atoms with Gasteiger partial charge in [0.15, 0.2) is 6.10 Å². The Hall–Kier alpha value is -3.47. The molecule has 2 heterocycles. The highest BCUT2D eigenvalue weighted by Crippen LogP contribution is 2.23. The molecule has 172 valence electrons. The Morgan fingerprint density at radius 1 is 1.22 bits per heavy atom. The lowest BCUT2D eigenvalue weighted by molar-refractivity contribution is -0.177. The summed E-state index contributed by atoms with van der Waals surface area (Å²) in [5.74, 6) is -3.30. The number of esters is 1. The van der Waals surface area contributed by atoms with Gasteiger partial charge >= 0.3 is 11.9 Å². The minimum atomic E-state index is -1.76. The average Bonchev–Trinajstić information content (AvgIpc) is 2.74. The van der Waals surface area contributed by atoms with Crippen LogP contribution in [-0.4, -0.2) is 96.6 Å². The van der Waals surface area contributed by atoms with Crippen LogP contribution in [0.25, 0.3) is 0 Å². The van der Waals surface area contributed by atoms with Gasteiger partial charge in [0.25, 0.3) is 5.91 Å². The number of nitrogens with zero attached hydrogens (tertiary/aromatic N) is 3. The van der Waals surface area contributed by atoms with Crippen LogP contribution in [0.5, 0.6) is 0 Å². The first-order valence-electron chi connectivity index (χ1n) is 10.1. The second-order valence-electron chi connectivity index (χ2n) is 7.63. The molecule has 0 saturated carbocycles. The topological polar surface area (TPSA) is 134 Å². The predicted molar refractivity (Wildman–Crippen MR) is 110 cm³/mol. The quantitative estimate of drug-likeness (QED) is 0.565. The van der Waals surface area contributed by atoms with Gasteiger partial charge in [-0.25, -0.2) is 4.79 Å². The lowest BCUT2D eigenvalue weighted by Crippen LogP contribution is -2.55. The zero-order valence-electron chi connectivity index (χ0n) is 17.9. The summed E-state index contributed by atoms with van der Waals surface area (Å²) in [6, 6.07) is 6.75. The number of ether oxygens (including phenoxy) is 2. The third-order valence-electron chi connectivity index (χ3n) is 5.32. The van der Waals surface area contributed by atoms with Gasteiger partial charge in [-0.15, -0.1) is 0 Å². The fraction of sp³-hybridized carbons (Fsp3) is 0.476. The number of hydrogen-bond acceptors (Lipinski definition) is 7. The van der Waals surface area contributed by atoms with E-state index >= 15 is 0 Å². The molecule has 0 spiro atoms. The number of carboxylic acid groups (broad SMARTS) is 1. The molecule has 1 N–H and O–H groups in total. The SMILES string of the molecule is CC(=O)O[C@@H](C(=O)O)[C@H]1OCCN(c2cccc(CC(=O)N3CCN(C)C(=O)C3)c2)C1=O. The summed E-state index contributed by atoms with van der Waals surface area (Å²) >= 11 is 0. The molecule has 1 aromatic rings. The van der Waals surface area contributed by atoms with Crippen LogP contribution in [0.3, 0.4) is 0 Å². The number of piperazine rings is 1. The maximum absolute atomic E-state index is 12.9. The molecule has 2 saturated heterocycles. The minimum absolute atomic E-state index is 0.0331. The lowest BCUT2D eigenvalue weighted by atomic mass is 10.1. The number of amides is 3. The smallest absolute Gasteiger partial charge is 0.348 e. The number of morpholine rings is 1. The van der Waals surface area contributed by atoms with E-state index in [-0.39, 0.29) is 37.9 Å². The number of rotatable bonds is 6. The molecule has 0 aromatic heterocycles. The fourth-order valence-corrected chi connectivity index (χ4v) is 3.59. The lowest BCUT2D eigenvalue weighted by Gasteiger charge is -2.34. The molecule has 1 aromatic carbocycles. The van der Waals surface area contributed by atoms with Crippen LogP contribution >= 0.6 is 0 Å². The Balaban J connectivity index is 1.73. The van der Waals surface area contributed by atoms with E-state index in [1.54, 1.807) is 36.2 Å². The zero-order valence-corrected chi connectivity index (χ0v) is 17.9. The van der Waals surface area contributed by atoms with Crippen molar-refractivity contribution in [1.82, 2.24) is 9.80 Å². The largest absolute Gasteiger partial charge is 0.478 e. The van der Waals surface area contributed by atoms with Crippen LogP contribution < -0.4 is 4.90 Å². The molecule has 32 heavy (non-hydrogen) atoms. The van der Waals surface area contributed by atoms with Crippen molar-refractivity contribution >= 4 is 35.3 Å². The summed E-state index contributed by atoms with van der Waals surface area (Å²) in [6.45, 7) is 2.24. The molecule has 3 rings (SSSR count). The molecule has 0 aliphatic carbocycles. The number of hydrogen-bond donors (Lipinski definition) is 1. The summed E-state index contributed by atoms with van der Waals surface area (Å²) in [4.78, 5) is 64.6. The normalized spacial score (nSPS) is 20.2. The molecule has 11 nitrogen and oxygen atoms in total. The third kappa shape index (κ3) is 5.22. The monoisotopic (exact) mass is 447 g/mol. The number of benzene rings is 1. The number of aliphatic carboxylic acids is 1. The summed E-state index contributed by atoms with van der Waals surface area (Å²) < 4.78 is 10.1. The highest BCUT2D eigenvalue weighted by molar-refractivity contribution is 6.00. The molecular formula is C21H25N3O8. The van der Waals surface area contributed by atoms with E-state index in [1.165, 1.54) is 9.80 Å². The number of carbonyl (C=O) groups excluding carboxylic acids is 4. The summed E-state index contributed by atoms with van der Waals surface area (Å²) in [5.41, 5.74) is 1.11. The Kier molecular flexibility index (Phi) is 7.08. The van der Waals surface area contributed by atoms with Crippen LogP contribution in [0.15, 0.2) is 24.3 Å². The minimum Gasteiger partial charge on any atom is -0.478 e. The van der Waals surface area contributed by atoms with Gasteiger partial charge in [-0.05, 0) is 17.7 Å². The number of carbonyl (C=O) groups is 5. The van der Waals surface area contributed by atoms with Gasteiger partial charge < -0.3 is 29.3 Å². The molecular weight excluding hydrogens is 422 g/mol. The first-order valence-corrected chi connectivity index (χ1v) is 10.1. The zero-order chi connectivity index (χ0) is 23.4. The van der Waals surface area contributed by atoms with Crippen molar-refractivity contribution in [3.8, 4) is 0 Å². The van der Waals surface area contributed by atoms with Crippen molar-refractivity contribution in [3.05, 3.63) is 29.8 Å². The van der Waals surface area contributed by atoms with Crippen LogP contribution in [0.4, 0.5) is 5.69 Å². The standard InChI is InChI=1S/C21H25N3O8/c1-13(25)32-19(21(29)30)18-20(28)24(8-9-31-18)15-5-3-4-14(10-15)11-16(26)23-7-6-22(2)17(27)12-23/h3-5,10,18-19H,6-9,11-12H2,1-2H3,(H,29,30)/t18-,19-/m1/s1. The van der Waals surface area contributed by atoms with Crippen molar-refractivity contribution in [2.75, 3.05) is 44.7 Å². The van der Waals surface area contributed by atoms with Crippen LogP contribution in [0, 0.1) is 0 Å². The number of likely N-dealkylation sites (N-methyl/N-ethyl adjacent to an activating group) is 1. The van der Waals surface area contributed by atoms with E-state index in [9.17, 15) is 29.1 Å². The highest BCUT2D eigenvalue weighted by Gasteiger charge is 2.42. The van der Waals surface area contributed by atoms with Crippen LogP contribution in [0.1, 0.15) is 12.5 Å². The molecule has 2 fully saturated rings. The van der Waals surface area contributed by atoms with E-state index < -0.39 is 30.1 Å². The van der Waals surface area contributed by atoms with Gasteiger partial charge in [0.1, 0.15) is 0 Å². The molecule has 3 amide bonds. The summed E-state index contributed by atoms with van der Waals surface area (Å²) in [7, 11) is 1.69. The highest BCUT2D eigenvalue weighted by atomic mass is 16.6. The van der Waals surface area contributed by atoms with Gasteiger partial charge in [0.05, 0.1) is 19.6 Å². The third-order valence-corrected chi connectivity index (χ3v) is 5.32. The van der Waals surface area contributed by atoms with E-state index in [1.807, 2.05) is 0 Å². The molecule has 2 atom stereocenters. The summed E-state index contributed by atoms with van der Waals surface area (Å²) in [5, 5.41) is 9.35.